The highest BCUT2D eigenvalue weighted by Gasteiger charge is 2.34. The average Bonchev–Trinajstić information content (AvgIpc) is 2.40. The van der Waals surface area contributed by atoms with Crippen LogP contribution in [-0.4, -0.2) is 6.04 Å². The van der Waals surface area contributed by atoms with Crippen molar-refractivity contribution in [1.82, 2.24) is 0 Å². The van der Waals surface area contributed by atoms with Crippen molar-refractivity contribution in [2.45, 2.75) is 51.2 Å². The van der Waals surface area contributed by atoms with Gasteiger partial charge in [-0.1, -0.05) is 19.3 Å². The van der Waals surface area contributed by atoms with Gasteiger partial charge in [-0.15, -0.1) is 0 Å². The molecular weight excluding hydrogens is 265 g/mol. The van der Waals surface area contributed by atoms with Gasteiger partial charge in [0.05, 0.1) is 5.56 Å². The average molecular weight is 286 g/mol. The Labute approximate surface area is 117 Å². The number of rotatable bonds is 3. The summed E-state index contributed by atoms with van der Waals surface area (Å²) < 4.78 is 39.1. The molecule has 0 bridgehead atoms. The maximum absolute atomic E-state index is 13.0. The quantitative estimate of drug-likeness (QED) is 0.792. The van der Waals surface area contributed by atoms with Crippen molar-refractivity contribution in [2.24, 2.45) is 5.92 Å². The van der Waals surface area contributed by atoms with E-state index in [2.05, 4.69) is 5.32 Å². The molecule has 0 heterocycles. The third kappa shape index (κ3) is 3.58. The molecule has 0 radical (unpaired) electrons. The highest BCUT2D eigenvalue weighted by molar-refractivity contribution is 5.59. The summed E-state index contributed by atoms with van der Waals surface area (Å²) in [6.45, 7) is 1.96. The number of nitrogens with one attached hydrogen (secondary N) is 1. The predicted molar refractivity (Wildman–Crippen MR) is 75.5 cm³/mol. The largest absolute Gasteiger partial charge is 0.418 e. The van der Waals surface area contributed by atoms with Crippen LogP contribution in [0.15, 0.2) is 18.2 Å². The van der Waals surface area contributed by atoms with Crippen LogP contribution in [0.3, 0.4) is 0 Å². The van der Waals surface area contributed by atoms with Gasteiger partial charge in [-0.05, 0) is 43.9 Å². The molecule has 0 spiro atoms. The zero-order valence-corrected chi connectivity index (χ0v) is 11.6. The second-order valence-corrected chi connectivity index (χ2v) is 5.63. The van der Waals surface area contributed by atoms with E-state index >= 15 is 0 Å². The zero-order chi connectivity index (χ0) is 14.8. The molecule has 0 aromatic heterocycles. The van der Waals surface area contributed by atoms with Crippen molar-refractivity contribution < 1.29 is 13.2 Å². The lowest BCUT2D eigenvalue weighted by Gasteiger charge is -2.30. The second-order valence-electron chi connectivity index (χ2n) is 5.63. The fourth-order valence-electron chi connectivity index (χ4n) is 2.92. The monoisotopic (exact) mass is 286 g/mol. The molecule has 1 unspecified atom stereocenters. The van der Waals surface area contributed by atoms with Crippen molar-refractivity contribution in [2.75, 3.05) is 11.1 Å². The minimum atomic E-state index is -4.38. The molecule has 2 nitrogen and oxygen atoms in total. The van der Waals surface area contributed by atoms with E-state index in [1.807, 2.05) is 6.92 Å². The van der Waals surface area contributed by atoms with Crippen LogP contribution >= 0.6 is 0 Å². The number of benzene rings is 1. The van der Waals surface area contributed by atoms with Gasteiger partial charge in [0.25, 0.3) is 0 Å². The van der Waals surface area contributed by atoms with Crippen molar-refractivity contribution in [1.29, 1.82) is 0 Å². The number of nitrogen functional groups attached to an aromatic ring is 1. The lowest BCUT2D eigenvalue weighted by atomic mass is 9.84. The van der Waals surface area contributed by atoms with Crippen LogP contribution in [0, 0.1) is 5.92 Å². The topological polar surface area (TPSA) is 38.0 Å². The Balaban J connectivity index is 2.16. The fraction of sp³-hybridized carbons (Fsp3) is 0.600. The van der Waals surface area contributed by atoms with Crippen LogP contribution in [-0.2, 0) is 6.18 Å². The molecule has 1 aromatic carbocycles. The van der Waals surface area contributed by atoms with E-state index in [9.17, 15) is 13.2 Å². The first kappa shape index (κ1) is 15.0. The first-order valence-electron chi connectivity index (χ1n) is 7.11. The number of nitrogens with two attached hydrogens (primary N) is 1. The maximum atomic E-state index is 13.0. The molecule has 0 saturated heterocycles. The molecule has 5 heteroatoms. The minimum absolute atomic E-state index is 0.0417. The van der Waals surface area contributed by atoms with E-state index < -0.39 is 11.7 Å². The summed E-state index contributed by atoms with van der Waals surface area (Å²) in [6.07, 6.45) is 1.37. The van der Waals surface area contributed by atoms with Crippen molar-refractivity contribution in [3.05, 3.63) is 23.8 Å². The van der Waals surface area contributed by atoms with E-state index in [4.69, 9.17) is 5.73 Å². The van der Waals surface area contributed by atoms with Gasteiger partial charge in [0, 0.05) is 17.4 Å². The first-order chi connectivity index (χ1) is 9.38. The third-order valence-corrected chi connectivity index (χ3v) is 4.09. The molecule has 1 aliphatic rings. The van der Waals surface area contributed by atoms with Gasteiger partial charge in [0.15, 0.2) is 0 Å². The van der Waals surface area contributed by atoms with Gasteiger partial charge in [0.1, 0.15) is 0 Å². The molecule has 1 atom stereocenters. The lowest BCUT2D eigenvalue weighted by molar-refractivity contribution is -0.136. The molecule has 2 rings (SSSR count). The van der Waals surface area contributed by atoms with E-state index in [-0.39, 0.29) is 17.4 Å². The van der Waals surface area contributed by atoms with Gasteiger partial charge in [-0.3, -0.25) is 0 Å². The second kappa shape index (κ2) is 5.94. The number of hydrogen-bond acceptors (Lipinski definition) is 2. The number of anilines is 2. The van der Waals surface area contributed by atoms with Crippen molar-refractivity contribution >= 4 is 11.4 Å². The summed E-state index contributed by atoms with van der Waals surface area (Å²) in [5, 5.41) is 3.04. The van der Waals surface area contributed by atoms with Crippen molar-refractivity contribution in [3.8, 4) is 0 Å². The predicted octanol–water partition coefficient (Wildman–Crippen LogP) is 4.67. The Kier molecular flexibility index (Phi) is 4.45. The lowest BCUT2D eigenvalue weighted by Crippen LogP contribution is -2.28. The molecule has 20 heavy (non-hydrogen) atoms. The summed E-state index contributed by atoms with van der Waals surface area (Å²) in [6, 6.07) is 3.97. The fourth-order valence-corrected chi connectivity index (χ4v) is 2.92. The Bertz CT molecular complexity index is 451. The van der Waals surface area contributed by atoms with Crippen LogP contribution in [0.2, 0.25) is 0 Å². The summed E-state index contributed by atoms with van der Waals surface area (Å²) in [5.41, 5.74) is 5.05. The van der Waals surface area contributed by atoms with Crippen LogP contribution in [0.25, 0.3) is 0 Å². The molecule has 1 fully saturated rings. The van der Waals surface area contributed by atoms with Gasteiger partial charge >= 0.3 is 6.18 Å². The smallest absolute Gasteiger partial charge is 0.399 e. The van der Waals surface area contributed by atoms with Crippen molar-refractivity contribution in [3.63, 3.8) is 0 Å². The van der Waals surface area contributed by atoms with Crippen LogP contribution in [0.5, 0.6) is 0 Å². The Morgan fingerprint density at radius 1 is 1.20 bits per heavy atom. The Hall–Kier alpha value is -1.39. The Morgan fingerprint density at radius 3 is 2.45 bits per heavy atom. The van der Waals surface area contributed by atoms with Gasteiger partial charge < -0.3 is 11.1 Å². The molecule has 112 valence electrons. The van der Waals surface area contributed by atoms with Crippen LogP contribution < -0.4 is 11.1 Å². The summed E-state index contributed by atoms with van der Waals surface area (Å²) in [4.78, 5) is 0. The van der Waals surface area contributed by atoms with E-state index in [0.29, 0.717) is 5.92 Å². The minimum Gasteiger partial charge on any atom is -0.399 e. The molecule has 1 aromatic rings. The molecule has 0 amide bonds. The van der Waals surface area contributed by atoms with Gasteiger partial charge in [0.2, 0.25) is 0 Å². The SMILES string of the molecule is CC(Nc1ccc(N)cc1C(F)(F)F)C1CCCCC1. The number of hydrogen-bond donors (Lipinski definition) is 2. The highest BCUT2D eigenvalue weighted by atomic mass is 19.4. The standard InChI is InChI=1S/C15H21F3N2/c1-10(11-5-3-2-4-6-11)20-14-8-7-12(19)9-13(14)15(16,17)18/h7-11,20H,2-6,19H2,1H3. The van der Waals surface area contributed by atoms with Gasteiger partial charge in [-0.25, -0.2) is 0 Å². The highest BCUT2D eigenvalue weighted by Crippen LogP contribution is 2.37. The van der Waals surface area contributed by atoms with E-state index in [1.54, 1.807) is 0 Å². The summed E-state index contributed by atoms with van der Waals surface area (Å²) >= 11 is 0. The third-order valence-electron chi connectivity index (χ3n) is 4.09. The van der Waals surface area contributed by atoms with Gasteiger partial charge in [-0.2, -0.15) is 13.2 Å². The molecule has 1 saturated carbocycles. The normalized spacial score (nSPS) is 18.8. The summed E-state index contributed by atoms with van der Waals surface area (Å²) in [5.74, 6) is 0.447. The number of alkyl halides is 3. The van der Waals surface area contributed by atoms with E-state index in [0.717, 1.165) is 18.9 Å². The zero-order valence-electron chi connectivity index (χ0n) is 11.6. The molecular formula is C15H21F3N2. The summed E-state index contributed by atoms with van der Waals surface area (Å²) in [7, 11) is 0. The van der Waals surface area contributed by atoms with Crippen LogP contribution in [0.4, 0.5) is 24.5 Å². The Morgan fingerprint density at radius 2 is 1.85 bits per heavy atom. The maximum Gasteiger partial charge on any atom is 0.418 e. The molecule has 1 aliphatic carbocycles. The number of halogens is 3. The van der Waals surface area contributed by atoms with E-state index in [1.165, 1.54) is 31.4 Å². The molecule has 0 aliphatic heterocycles. The molecule has 3 N–H and O–H groups in total. The van der Waals surface area contributed by atoms with Crippen LogP contribution in [0.1, 0.15) is 44.6 Å². The first-order valence-corrected chi connectivity index (χ1v) is 7.11.